The SMILES string of the molecule is COC(=O)C(C#N)c1cn(C(=O)OC)c2ccc(OC)cc12. The summed E-state index contributed by atoms with van der Waals surface area (Å²) in [6.07, 6.45) is 0.781. The minimum atomic E-state index is -1.15. The molecule has 1 aromatic carbocycles. The number of ether oxygens (including phenoxy) is 3. The highest BCUT2D eigenvalue weighted by Gasteiger charge is 2.27. The third-order valence-electron chi connectivity index (χ3n) is 3.29. The molecule has 22 heavy (non-hydrogen) atoms. The van der Waals surface area contributed by atoms with E-state index in [1.54, 1.807) is 18.2 Å². The van der Waals surface area contributed by atoms with Gasteiger partial charge in [-0.2, -0.15) is 5.26 Å². The Bertz CT molecular complexity index is 772. The van der Waals surface area contributed by atoms with Crippen LogP contribution in [0, 0.1) is 11.3 Å². The van der Waals surface area contributed by atoms with E-state index in [4.69, 9.17) is 9.47 Å². The summed E-state index contributed by atoms with van der Waals surface area (Å²) in [6, 6.07) is 6.86. The monoisotopic (exact) mass is 302 g/mol. The van der Waals surface area contributed by atoms with Gasteiger partial charge < -0.3 is 14.2 Å². The Hall–Kier alpha value is -3.01. The quantitative estimate of drug-likeness (QED) is 0.806. The van der Waals surface area contributed by atoms with E-state index in [9.17, 15) is 14.9 Å². The van der Waals surface area contributed by atoms with Crippen molar-refractivity contribution >= 4 is 23.0 Å². The maximum atomic E-state index is 11.9. The van der Waals surface area contributed by atoms with Gasteiger partial charge in [0.2, 0.25) is 0 Å². The van der Waals surface area contributed by atoms with E-state index in [1.165, 1.54) is 32.1 Å². The van der Waals surface area contributed by atoms with Crippen molar-refractivity contribution in [1.29, 1.82) is 5.26 Å². The van der Waals surface area contributed by atoms with Crippen molar-refractivity contribution in [2.45, 2.75) is 5.92 Å². The molecule has 1 heterocycles. The summed E-state index contributed by atoms with van der Waals surface area (Å²) in [4.78, 5) is 23.6. The largest absolute Gasteiger partial charge is 0.497 e. The van der Waals surface area contributed by atoms with Gasteiger partial charge >= 0.3 is 12.1 Å². The van der Waals surface area contributed by atoms with Crippen LogP contribution < -0.4 is 4.74 Å². The Morgan fingerprint density at radius 2 is 1.95 bits per heavy atom. The second-order valence-corrected chi connectivity index (χ2v) is 4.39. The van der Waals surface area contributed by atoms with Crippen LogP contribution >= 0.6 is 0 Å². The number of hydrogen-bond acceptors (Lipinski definition) is 6. The van der Waals surface area contributed by atoms with Crippen LogP contribution in [-0.2, 0) is 14.3 Å². The summed E-state index contributed by atoms with van der Waals surface area (Å²) in [5, 5.41) is 9.81. The maximum absolute atomic E-state index is 11.9. The van der Waals surface area contributed by atoms with E-state index in [0.717, 1.165) is 0 Å². The molecule has 114 valence electrons. The molecule has 1 atom stereocenters. The van der Waals surface area contributed by atoms with Crippen LogP contribution in [0.15, 0.2) is 24.4 Å². The van der Waals surface area contributed by atoms with Crippen LogP contribution in [0.3, 0.4) is 0 Å². The number of nitrogens with zero attached hydrogens (tertiary/aromatic N) is 2. The first-order valence-electron chi connectivity index (χ1n) is 6.32. The second kappa shape index (κ2) is 6.18. The number of carbonyl (C=O) groups excluding carboxylic acids is 2. The fourth-order valence-corrected chi connectivity index (χ4v) is 2.21. The Morgan fingerprint density at radius 1 is 1.23 bits per heavy atom. The molecule has 1 aromatic heterocycles. The molecule has 0 aliphatic heterocycles. The lowest BCUT2D eigenvalue weighted by molar-refractivity contribution is -0.140. The van der Waals surface area contributed by atoms with Crippen LogP contribution in [-0.4, -0.2) is 38.0 Å². The standard InChI is InChI=1S/C15H14N2O5/c1-20-9-4-5-13-10(6-9)12(8-17(13)15(19)22-3)11(7-16)14(18)21-2/h4-6,8,11H,1-3H3. The van der Waals surface area contributed by atoms with Crippen LogP contribution in [0.1, 0.15) is 11.5 Å². The lowest BCUT2D eigenvalue weighted by atomic mass is 10.00. The number of esters is 1. The van der Waals surface area contributed by atoms with Gasteiger partial charge in [0.15, 0.2) is 5.92 Å². The number of carbonyl (C=O) groups is 2. The molecule has 2 rings (SSSR count). The number of methoxy groups -OCH3 is 3. The number of hydrogen-bond donors (Lipinski definition) is 0. The zero-order valence-corrected chi connectivity index (χ0v) is 12.3. The Balaban J connectivity index is 2.74. The van der Waals surface area contributed by atoms with Crippen molar-refractivity contribution in [3.63, 3.8) is 0 Å². The molecule has 0 radical (unpaired) electrons. The minimum absolute atomic E-state index is 0.355. The molecule has 1 unspecified atom stereocenters. The summed E-state index contributed by atoms with van der Waals surface area (Å²) >= 11 is 0. The van der Waals surface area contributed by atoms with Gasteiger partial charge in [-0.25, -0.2) is 4.79 Å². The molecule has 0 N–H and O–H groups in total. The molecule has 0 spiro atoms. The summed E-state index contributed by atoms with van der Waals surface area (Å²) in [5.41, 5.74) is 0.862. The summed E-state index contributed by atoms with van der Waals surface area (Å²) in [5.74, 6) is -1.31. The minimum Gasteiger partial charge on any atom is -0.497 e. The van der Waals surface area contributed by atoms with E-state index in [2.05, 4.69) is 4.74 Å². The Labute approximate surface area is 126 Å². The molecule has 0 fully saturated rings. The van der Waals surface area contributed by atoms with E-state index in [-0.39, 0.29) is 0 Å². The first-order valence-corrected chi connectivity index (χ1v) is 6.32. The molecular formula is C15H14N2O5. The third kappa shape index (κ3) is 2.46. The number of benzene rings is 1. The highest BCUT2D eigenvalue weighted by atomic mass is 16.5. The third-order valence-corrected chi connectivity index (χ3v) is 3.29. The van der Waals surface area contributed by atoms with Crippen molar-refractivity contribution in [2.24, 2.45) is 0 Å². The van der Waals surface area contributed by atoms with E-state index >= 15 is 0 Å². The molecule has 0 aliphatic carbocycles. The van der Waals surface area contributed by atoms with E-state index in [0.29, 0.717) is 22.2 Å². The summed E-state index contributed by atoms with van der Waals surface area (Å²) in [6.45, 7) is 0. The second-order valence-electron chi connectivity index (χ2n) is 4.39. The number of aromatic nitrogens is 1. The van der Waals surface area contributed by atoms with Crippen LogP contribution in [0.4, 0.5) is 4.79 Å². The molecule has 0 aliphatic rings. The predicted octanol–water partition coefficient (Wildman–Crippen LogP) is 2.04. The molecule has 0 saturated heterocycles. The van der Waals surface area contributed by atoms with Gasteiger partial charge in [0.05, 0.1) is 32.9 Å². The number of nitriles is 1. The van der Waals surface area contributed by atoms with E-state index < -0.39 is 18.0 Å². The van der Waals surface area contributed by atoms with Crippen molar-refractivity contribution in [3.8, 4) is 11.8 Å². The van der Waals surface area contributed by atoms with E-state index in [1.807, 2.05) is 6.07 Å². The van der Waals surface area contributed by atoms with Crippen molar-refractivity contribution in [1.82, 2.24) is 4.57 Å². The molecule has 7 heteroatoms. The fraction of sp³-hybridized carbons (Fsp3) is 0.267. The van der Waals surface area contributed by atoms with Crippen LogP contribution in [0.5, 0.6) is 5.75 Å². The maximum Gasteiger partial charge on any atom is 0.418 e. The van der Waals surface area contributed by atoms with Crippen molar-refractivity contribution in [3.05, 3.63) is 30.0 Å². The molecule has 7 nitrogen and oxygen atoms in total. The van der Waals surface area contributed by atoms with Gasteiger partial charge in [0, 0.05) is 17.1 Å². The lowest BCUT2D eigenvalue weighted by Crippen LogP contribution is -2.13. The normalized spacial score (nSPS) is 11.5. The Kier molecular flexibility index (Phi) is 4.32. The zero-order chi connectivity index (χ0) is 16.3. The highest BCUT2D eigenvalue weighted by Crippen LogP contribution is 2.31. The molecule has 0 saturated carbocycles. The van der Waals surface area contributed by atoms with Gasteiger partial charge in [-0.1, -0.05) is 0 Å². The lowest BCUT2D eigenvalue weighted by Gasteiger charge is -2.06. The first kappa shape index (κ1) is 15.4. The summed E-state index contributed by atoms with van der Waals surface area (Å²) in [7, 11) is 3.95. The van der Waals surface area contributed by atoms with Gasteiger partial charge in [0.1, 0.15) is 5.75 Å². The molecular weight excluding hydrogens is 288 g/mol. The van der Waals surface area contributed by atoms with Gasteiger partial charge in [-0.3, -0.25) is 9.36 Å². The molecule has 2 aromatic rings. The highest BCUT2D eigenvalue weighted by molar-refractivity contribution is 5.97. The Morgan fingerprint density at radius 3 is 2.50 bits per heavy atom. The summed E-state index contributed by atoms with van der Waals surface area (Å²) < 4.78 is 15.7. The van der Waals surface area contributed by atoms with Gasteiger partial charge in [0.25, 0.3) is 0 Å². The smallest absolute Gasteiger partial charge is 0.418 e. The van der Waals surface area contributed by atoms with Crippen molar-refractivity contribution in [2.75, 3.05) is 21.3 Å². The van der Waals surface area contributed by atoms with Crippen LogP contribution in [0.2, 0.25) is 0 Å². The van der Waals surface area contributed by atoms with Gasteiger partial charge in [-0.15, -0.1) is 0 Å². The zero-order valence-electron chi connectivity index (χ0n) is 12.3. The fourth-order valence-electron chi connectivity index (χ4n) is 2.21. The predicted molar refractivity (Wildman–Crippen MR) is 76.7 cm³/mol. The topological polar surface area (TPSA) is 90.6 Å². The average Bonchev–Trinajstić information content (AvgIpc) is 2.93. The molecule has 0 amide bonds. The van der Waals surface area contributed by atoms with Crippen LogP contribution in [0.25, 0.3) is 10.9 Å². The first-order chi connectivity index (χ1) is 10.6. The average molecular weight is 302 g/mol. The van der Waals surface area contributed by atoms with Crippen molar-refractivity contribution < 1.29 is 23.8 Å². The van der Waals surface area contributed by atoms with Gasteiger partial charge in [-0.05, 0) is 18.2 Å². The molecule has 0 bridgehead atoms. The number of rotatable bonds is 3. The number of fused-ring (bicyclic) bond motifs is 1.